The van der Waals surface area contributed by atoms with E-state index in [0.717, 1.165) is 0 Å². The van der Waals surface area contributed by atoms with Crippen molar-refractivity contribution in [3.8, 4) is 0 Å². The van der Waals surface area contributed by atoms with E-state index in [9.17, 15) is 4.79 Å². The molecule has 0 bridgehead atoms. The highest BCUT2D eigenvalue weighted by atomic mass is 35.5. The Morgan fingerprint density at radius 3 is 3.08 bits per heavy atom. The summed E-state index contributed by atoms with van der Waals surface area (Å²) >= 11 is 5.69. The van der Waals surface area contributed by atoms with Crippen LogP contribution >= 0.6 is 11.6 Å². The number of likely N-dealkylation sites (N-methyl/N-ethyl adjacent to an activating group) is 1. The SMILES string of the molecule is CCN1N=C(Cl)C[C@H]1[C@H](N)C(=O)O. The molecule has 0 fully saturated rings. The lowest BCUT2D eigenvalue weighted by Crippen LogP contribution is -2.48. The third-order valence-electron chi connectivity index (χ3n) is 2.02. The van der Waals surface area contributed by atoms with Gasteiger partial charge in [-0.3, -0.25) is 9.80 Å². The van der Waals surface area contributed by atoms with Gasteiger partial charge < -0.3 is 10.8 Å². The Labute approximate surface area is 81.1 Å². The van der Waals surface area contributed by atoms with Crippen molar-refractivity contribution in [3.63, 3.8) is 0 Å². The summed E-state index contributed by atoms with van der Waals surface area (Å²) in [6, 6.07) is -1.24. The number of nitrogens with zero attached hydrogens (tertiary/aromatic N) is 2. The maximum absolute atomic E-state index is 10.6. The number of nitrogens with two attached hydrogens (primary N) is 1. The van der Waals surface area contributed by atoms with E-state index < -0.39 is 12.0 Å². The van der Waals surface area contributed by atoms with Crippen LogP contribution in [0.1, 0.15) is 13.3 Å². The van der Waals surface area contributed by atoms with E-state index >= 15 is 0 Å². The van der Waals surface area contributed by atoms with Gasteiger partial charge in [-0.15, -0.1) is 0 Å². The first-order valence-corrected chi connectivity index (χ1v) is 4.42. The zero-order valence-corrected chi connectivity index (χ0v) is 8.03. The minimum absolute atomic E-state index is 0.310. The Morgan fingerprint density at radius 2 is 2.62 bits per heavy atom. The minimum atomic E-state index is -1.02. The van der Waals surface area contributed by atoms with Crippen molar-refractivity contribution >= 4 is 22.7 Å². The van der Waals surface area contributed by atoms with E-state index in [1.54, 1.807) is 5.01 Å². The van der Waals surface area contributed by atoms with Gasteiger partial charge in [-0.25, -0.2) is 0 Å². The molecule has 0 aromatic rings. The van der Waals surface area contributed by atoms with Crippen molar-refractivity contribution in [2.75, 3.05) is 6.54 Å². The summed E-state index contributed by atoms with van der Waals surface area (Å²) in [6.07, 6.45) is 0.420. The Balaban J connectivity index is 2.67. The Morgan fingerprint density at radius 1 is 2.00 bits per heavy atom. The standard InChI is InChI=1S/C7H12ClN3O2/c1-2-11-4(3-5(8)10-11)6(9)7(12)13/h4,6H,2-3,9H2,1H3,(H,12,13)/t4-,6-/m0/s1. The van der Waals surface area contributed by atoms with E-state index in [1.807, 2.05) is 6.92 Å². The van der Waals surface area contributed by atoms with Crippen molar-refractivity contribution in [1.29, 1.82) is 0 Å². The fraction of sp³-hybridized carbons (Fsp3) is 0.714. The molecule has 0 amide bonds. The molecular weight excluding hydrogens is 194 g/mol. The fourth-order valence-corrected chi connectivity index (χ4v) is 1.57. The van der Waals surface area contributed by atoms with Crippen LogP contribution in [0.3, 0.4) is 0 Å². The lowest BCUT2D eigenvalue weighted by molar-refractivity contribution is -0.140. The molecule has 0 aliphatic carbocycles. The molecule has 13 heavy (non-hydrogen) atoms. The first-order chi connectivity index (χ1) is 6.06. The summed E-state index contributed by atoms with van der Waals surface area (Å²) in [7, 11) is 0. The molecule has 0 saturated carbocycles. The van der Waals surface area contributed by atoms with Gasteiger partial charge in [-0.2, -0.15) is 5.10 Å². The molecular formula is C7H12ClN3O2. The first-order valence-electron chi connectivity index (χ1n) is 4.04. The highest BCUT2D eigenvalue weighted by Crippen LogP contribution is 2.19. The van der Waals surface area contributed by atoms with Crippen molar-refractivity contribution in [2.45, 2.75) is 25.4 Å². The molecule has 1 aliphatic rings. The van der Waals surface area contributed by atoms with Crippen LogP contribution in [0, 0.1) is 0 Å². The number of carbonyl (C=O) groups is 1. The highest BCUT2D eigenvalue weighted by Gasteiger charge is 2.33. The molecule has 2 atom stereocenters. The average molecular weight is 206 g/mol. The lowest BCUT2D eigenvalue weighted by Gasteiger charge is -2.24. The van der Waals surface area contributed by atoms with Gasteiger partial charge in [0.15, 0.2) is 0 Å². The van der Waals surface area contributed by atoms with Crippen LogP contribution in [0.25, 0.3) is 0 Å². The first kappa shape index (κ1) is 10.3. The molecule has 74 valence electrons. The third-order valence-corrected chi connectivity index (χ3v) is 2.25. The second kappa shape index (κ2) is 3.93. The van der Waals surface area contributed by atoms with Crippen LogP contribution in [0.15, 0.2) is 5.10 Å². The molecule has 1 aliphatic heterocycles. The predicted molar refractivity (Wildman–Crippen MR) is 49.7 cm³/mol. The van der Waals surface area contributed by atoms with Crippen LogP contribution in [0.4, 0.5) is 0 Å². The zero-order chi connectivity index (χ0) is 10.0. The Kier molecular flexibility index (Phi) is 3.11. The van der Waals surface area contributed by atoms with E-state index in [4.69, 9.17) is 22.4 Å². The molecule has 0 spiro atoms. The number of carboxylic acid groups (broad SMARTS) is 1. The van der Waals surface area contributed by atoms with E-state index in [0.29, 0.717) is 18.1 Å². The number of halogens is 1. The van der Waals surface area contributed by atoms with E-state index in [1.165, 1.54) is 0 Å². The predicted octanol–water partition coefficient (Wildman–Crippen LogP) is 0.0448. The van der Waals surface area contributed by atoms with Gasteiger partial charge in [0, 0.05) is 13.0 Å². The van der Waals surface area contributed by atoms with Gasteiger partial charge in [0.2, 0.25) is 0 Å². The number of carboxylic acids is 1. The number of rotatable bonds is 3. The molecule has 0 saturated heterocycles. The summed E-state index contributed by atoms with van der Waals surface area (Å²) in [5.41, 5.74) is 5.48. The summed E-state index contributed by atoms with van der Waals surface area (Å²) in [4.78, 5) is 10.6. The largest absolute Gasteiger partial charge is 0.480 e. The molecule has 5 nitrogen and oxygen atoms in total. The van der Waals surface area contributed by atoms with E-state index in [2.05, 4.69) is 5.10 Å². The topological polar surface area (TPSA) is 78.9 Å². The second-order valence-electron chi connectivity index (χ2n) is 2.87. The van der Waals surface area contributed by atoms with Gasteiger partial charge in [0.05, 0.1) is 6.04 Å². The average Bonchev–Trinajstić information content (AvgIpc) is 2.45. The van der Waals surface area contributed by atoms with Crippen molar-refractivity contribution < 1.29 is 9.90 Å². The van der Waals surface area contributed by atoms with Crippen LogP contribution in [0.2, 0.25) is 0 Å². The molecule has 3 N–H and O–H groups in total. The minimum Gasteiger partial charge on any atom is -0.480 e. The van der Waals surface area contributed by atoms with Crippen LogP contribution in [0.5, 0.6) is 0 Å². The number of aliphatic carboxylic acids is 1. The maximum Gasteiger partial charge on any atom is 0.322 e. The number of hydrazone groups is 1. The van der Waals surface area contributed by atoms with Gasteiger partial charge >= 0.3 is 5.97 Å². The molecule has 6 heteroatoms. The molecule has 0 radical (unpaired) electrons. The van der Waals surface area contributed by atoms with Crippen molar-refractivity contribution in [2.24, 2.45) is 10.8 Å². The zero-order valence-electron chi connectivity index (χ0n) is 7.27. The monoisotopic (exact) mass is 205 g/mol. The molecule has 1 heterocycles. The summed E-state index contributed by atoms with van der Waals surface area (Å²) in [5.74, 6) is -1.02. The van der Waals surface area contributed by atoms with Gasteiger partial charge in [0.1, 0.15) is 11.2 Å². The van der Waals surface area contributed by atoms with Crippen LogP contribution in [-0.4, -0.2) is 39.9 Å². The van der Waals surface area contributed by atoms with Crippen molar-refractivity contribution in [3.05, 3.63) is 0 Å². The summed E-state index contributed by atoms with van der Waals surface area (Å²) < 4.78 is 0. The fourth-order valence-electron chi connectivity index (χ4n) is 1.31. The normalized spacial score (nSPS) is 24.4. The summed E-state index contributed by atoms with van der Waals surface area (Å²) in [6.45, 7) is 2.49. The quantitative estimate of drug-likeness (QED) is 0.682. The van der Waals surface area contributed by atoms with Crippen LogP contribution in [-0.2, 0) is 4.79 Å². The molecule has 0 aromatic carbocycles. The maximum atomic E-state index is 10.6. The van der Waals surface area contributed by atoms with Gasteiger partial charge in [-0.05, 0) is 6.92 Å². The molecule has 0 aromatic heterocycles. The Bertz CT molecular complexity index is 244. The van der Waals surface area contributed by atoms with E-state index in [-0.39, 0.29) is 6.04 Å². The molecule has 1 rings (SSSR count). The summed E-state index contributed by atoms with van der Waals surface area (Å²) in [5, 5.41) is 14.7. The second-order valence-corrected chi connectivity index (χ2v) is 3.30. The highest BCUT2D eigenvalue weighted by molar-refractivity contribution is 6.65. The number of hydrogen-bond donors (Lipinski definition) is 2. The third kappa shape index (κ3) is 2.10. The smallest absolute Gasteiger partial charge is 0.322 e. The molecule has 0 unspecified atom stereocenters. The van der Waals surface area contributed by atoms with Gasteiger partial charge in [0.25, 0.3) is 0 Å². The number of hydrogen-bond acceptors (Lipinski definition) is 4. The Hall–Kier alpha value is -0.810. The van der Waals surface area contributed by atoms with Gasteiger partial charge in [-0.1, -0.05) is 11.6 Å². The van der Waals surface area contributed by atoms with Crippen molar-refractivity contribution in [1.82, 2.24) is 5.01 Å². The lowest BCUT2D eigenvalue weighted by atomic mass is 10.1. The van der Waals surface area contributed by atoms with Crippen LogP contribution < -0.4 is 5.73 Å².